The summed E-state index contributed by atoms with van der Waals surface area (Å²) >= 11 is 0. The van der Waals surface area contributed by atoms with Crippen LogP contribution >= 0.6 is 0 Å². The number of nitrogens with zero attached hydrogens (tertiary/aromatic N) is 1. The Hall–Kier alpha value is -1.89. The number of rotatable bonds is 14. The average molecular weight is 372 g/mol. The Morgan fingerprint density at radius 3 is 1.58 bits per heavy atom. The first-order valence-electron chi connectivity index (χ1n) is 9.33. The van der Waals surface area contributed by atoms with Crippen LogP contribution in [0.3, 0.4) is 0 Å². The van der Waals surface area contributed by atoms with Gasteiger partial charge in [0.2, 0.25) is 0 Å². The van der Waals surface area contributed by atoms with E-state index < -0.39 is 40.5 Å². The highest BCUT2D eigenvalue weighted by molar-refractivity contribution is 5.77. The van der Waals surface area contributed by atoms with Crippen molar-refractivity contribution in [1.82, 2.24) is 0 Å². The van der Waals surface area contributed by atoms with Gasteiger partial charge in [0, 0.05) is 0 Å². The third-order valence-electron chi connectivity index (χ3n) is 5.30. The van der Waals surface area contributed by atoms with E-state index in [0.717, 1.165) is 19.3 Å². The predicted octanol–water partition coefficient (Wildman–Crippen LogP) is 3.14. The number of carboxylic acid groups (broad SMARTS) is 3. The molecule has 0 spiro atoms. The van der Waals surface area contributed by atoms with Crippen molar-refractivity contribution in [3.8, 4) is 0 Å². The van der Waals surface area contributed by atoms with Crippen LogP contribution in [0.2, 0.25) is 0 Å². The number of hydrogen-bond acceptors (Lipinski definition) is 3. The molecule has 7 nitrogen and oxygen atoms in total. The molecule has 0 aromatic heterocycles. The highest BCUT2D eigenvalue weighted by Crippen LogP contribution is 2.26. The Morgan fingerprint density at radius 1 is 0.769 bits per heavy atom. The van der Waals surface area contributed by atoms with Crippen molar-refractivity contribution in [3.63, 3.8) is 0 Å². The molecule has 3 unspecified atom stereocenters. The third kappa shape index (κ3) is 6.44. The topological polar surface area (TPSA) is 112 Å². The van der Waals surface area contributed by atoms with E-state index in [2.05, 4.69) is 6.92 Å². The summed E-state index contributed by atoms with van der Waals surface area (Å²) in [5.74, 6) is -3.63. The number of carboxylic acids is 3. The molecular formula is C19H34NO6+. The van der Waals surface area contributed by atoms with Crippen LogP contribution in [0.15, 0.2) is 12.2 Å². The first-order valence-corrected chi connectivity index (χ1v) is 9.33. The van der Waals surface area contributed by atoms with Crippen molar-refractivity contribution < 1.29 is 34.2 Å². The monoisotopic (exact) mass is 372 g/mol. The van der Waals surface area contributed by atoms with Gasteiger partial charge in [-0.05, 0) is 39.7 Å². The summed E-state index contributed by atoms with van der Waals surface area (Å²) < 4.78 is -0.563. The summed E-state index contributed by atoms with van der Waals surface area (Å²) in [6.07, 6.45) is 10.1. The third-order valence-corrected chi connectivity index (χ3v) is 5.30. The number of hydrogen-bond donors (Lipinski definition) is 3. The molecule has 0 bridgehead atoms. The van der Waals surface area contributed by atoms with Crippen molar-refractivity contribution in [3.05, 3.63) is 12.2 Å². The Bertz CT molecular complexity index is 452. The van der Waals surface area contributed by atoms with Crippen LogP contribution in [-0.2, 0) is 14.4 Å². The summed E-state index contributed by atoms with van der Waals surface area (Å²) in [5, 5.41) is 28.4. The second kappa shape index (κ2) is 11.7. The molecule has 0 aliphatic carbocycles. The van der Waals surface area contributed by atoms with E-state index in [9.17, 15) is 29.7 Å². The maximum absolute atomic E-state index is 11.6. The largest absolute Gasteiger partial charge is 0.477 e. The fourth-order valence-corrected chi connectivity index (χ4v) is 3.34. The summed E-state index contributed by atoms with van der Waals surface area (Å²) in [6, 6.07) is -3.50. The van der Waals surface area contributed by atoms with Gasteiger partial charge in [-0.3, -0.25) is 4.48 Å². The molecule has 0 rings (SSSR count). The highest BCUT2D eigenvalue weighted by Gasteiger charge is 2.52. The number of unbranched alkanes of at least 4 members (excludes halogenated alkanes) is 5. The number of carbonyl (C=O) groups is 3. The Kier molecular flexibility index (Phi) is 10.8. The van der Waals surface area contributed by atoms with Crippen molar-refractivity contribution >= 4 is 17.9 Å². The normalized spacial score (nSPS) is 17.4. The van der Waals surface area contributed by atoms with Crippen molar-refractivity contribution in [2.45, 2.75) is 84.3 Å². The zero-order chi connectivity index (χ0) is 20.3. The lowest BCUT2D eigenvalue weighted by atomic mass is 10.0. The molecule has 3 N–H and O–H groups in total. The molecule has 0 aromatic carbocycles. The van der Waals surface area contributed by atoms with Crippen molar-refractivity contribution in [1.29, 1.82) is 0 Å². The maximum Gasteiger partial charge on any atom is 0.362 e. The van der Waals surface area contributed by atoms with Gasteiger partial charge in [-0.2, -0.15) is 0 Å². The van der Waals surface area contributed by atoms with Crippen molar-refractivity contribution in [2.75, 3.05) is 6.54 Å². The van der Waals surface area contributed by atoms with E-state index >= 15 is 0 Å². The molecule has 0 radical (unpaired) electrons. The van der Waals surface area contributed by atoms with Gasteiger partial charge >= 0.3 is 17.9 Å². The van der Waals surface area contributed by atoms with E-state index in [1.165, 1.54) is 40.0 Å². The molecular weight excluding hydrogens is 338 g/mol. The molecule has 0 saturated heterocycles. The molecule has 150 valence electrons. The van der Waals surface area contributed by atoms with Gasteiger partial charge in [-0.25, -0.2) is 14.4 Å². The molecule has 0 aliphatic rings. The second-order valence-electron chi connectivity index (χ2n) is 6.89. The fraction of sp³-hybridized carbons (Fsp3) is 0.737. The van der Waals surface area contributed by atoms with Gasteiger partial charge in [-0.1, -0.05) is 38.7 Å². The SMILES string of the molecule is CCCCCCC/C=C/C[N+](C(C)C(=O)O)(C(C)C(=O)O)C(C)C(=O)O. The minimum Gasteiger partial charge on any atom is -0.477 e. The lowest BCUT2D eigenvalue weighted by molar-refractivity contribution is -0.962. The van der Waals surface area contributed by atoms with Crippen LogP contribution in [0, 0.1) is 0 Å². The van der Waals surface area contributed by atoms with Crippen molar-refractivity contribution in [2.24, 2.45) is 0 Å². The lowest BCUT2D eigenvalue weighted by Gasteiger charge is -2.46. The molecule has 0 heterocycles. The van der Waals surface area contributed by atoms with Gasteiger partial charge in [0.05, 0.1) is 6.54 Å². The Labute approximate surface area is 155 Å². The molecule has 26 heavy (non-hydrogen) atoms. The molecule has 0 fully saturated rings. The predicted molar refractivity (Wildman–Crippen MR) is 98.9 cm³/mol. The quantitative estimate of drug-likeness (QED) is 0.245. The summed E-state index contributed by atoms with van der Waals surface area (Å²) in [6.45, 7) is 6.32. The first-order chi connectivity index (χ1) is 12.1. The number of quaternary nitrogens is 1. The van der Waals surface area contributed by atoms with Crippen LogP contribution in [0.5, 0.6) is 0 Å². The van der Waals surface area contributed by atoms with Crippen LogP contribution in [-0.4, -0.2) is 62.4 Å². The molecule has 0 aromatic rings. The van der Waals surface area contributed by atoms with E-state index in [1.807, 2.05) is 6.08 Å². The summed E-state index contributed by atoms with van der Waals surface area (Å²) in [4.78, 5) is 34.8. The van der Waals surface area contributed by atoms with Gasteiger partial charge in [-0.15, -0.1) is 0 Å². The van der Waals surface area contributed by atoms with Gasteiger partial charge in [0.25, 0.3) is 0 Å². The number of allylic oxidation sites excluding steroid dienone is 1. The molecule has 0 saturated carbocycles. The van der Waals surface area contributed by atoms with Crippen LogP contribution in [0.25, 0.3) is 0 Å². The van der Waals surface area contributed by atoms with Gasteiger partial charge in [0.15, 0.2) is 18.1 Å². The Balaban J connectivity index is 5.39. The van der Waals surface area contributed by atoms with Gasteiger partial charge < -0.3 is 15.3 Å². The molecule has 0 amide bonds. The maximum atomic E-state index is 11.6. The van der Waals surface area contributed by atoms with E-state index in [0.29, 0.717) is 0 Å². The second-order valence-corrected chi connectivity index (χ2v) is 6.89. The molecule has 7 heteroatoms. The molecule has 0 aliphatic heterocycles. The Morgan fingerprint density at radius 2 is 1.19 bits per heavy atom. The van der Waals surface area contributed by atoms with Crippen LogP contribution < -0.4 is 0 Å². The fourth-order valence-electron chi connectivity index (χ4n) is 3.34. The zero-order valence-electron chi connectivity index (χ0n) is 16.4. The van der Waals surface area contributed by atoms with Crippen LogP contribution in [0.1, 0.15) is 66.2 Å². The minimum absolute atomic E-state index is 0.0450. The smallest absolute Gasteiger partial charge is 0.362 e. The summed E-state index contributed by atoms with van der Waals surface area (Å²) in [5.41, 5.74) is 0. The van der Waals surface area contributed by atoms with E-state index in [4.69, 9.17) is 0 Å². The molecule has 3 atom stereocenters. The average Bonchev–Trinajstić information content (AvgIpc) is 2.58. The lowest BCUT2D eigenvalue weighted by Crippen LogP contribution is -2.70. The highest BCUT2D eigenvalue weighted by atomic mass is 16.4. The first kappa shape index (κ1) is 24.1. The van der Waals surface area contributed by atoms with E-state index in [-0.39, 0.29) is 6.54 Å². The zero-order valence-corrected chi connectivity index (χ0v) is 16.4. The summed E-state index contributed by atoms with van der Waals surface area (Å²) in [7, 11) is 0. The van der Waals surface area contributed by atoms with E-state index in [1.54, 1.807) is 6.08 Å². The number of aliphatic carboxylic acids is 3. The van der Waals surface area contributed by atoms with Crippen LogP contribution in [0.4, 0.5) is 0 Å². The standard InChI is InChI=1S/C19H33NO6/c1-5-6-7-8-9-10-11-12-13-20(14(2)17(21)22,15(3)18(23)24)16(4)19(25)26/h11-12,14-16H,5-10,13H2,1-4H3,(H2-,21,22,23,24,25,26)/p+1/b12-11+. The van der Waals surface area contributed by atoms with Gasteiger partial charge in [0.1, 0.15) is 0 Å². The minimum atomic E-state index is -1.21.